The summed E-state index contributed by atoms with van der Waals surface area (Å²) in [6.45, 7) is 4.92. The maximum atomic E-state index is 8.75. The molecule has 0 radical (unpaired) electrons. The van der Waals surface area contributed by atoms with Crippen LogP contribution < -0.4 is 5.32 Å². The van der Waals surface area contributed by atoms with Gasteiger partial charge in [0.25, 0.3) is 0 Å². The summed E-state index contributed by atoms with van der Waals surface area (Å²) in [5, 5.41) is 12.4. The van der Waals surface area contributed by atoms with E-state index < -0.39 is 0 Å². The predicted molar refractivity (Wildman–Crippen MR) is 60.3 cm³/mol. The van der Waals surface area contributed by atoms with Gasteiger partial charge < -0.3 is 10.4 Å². The minimum absolute atomic E-state index is 0.326. The summed E-state index contributed by atoms with van der Waals surface area (Å²) in [4.78, 5) is 0. The quantitative estimate of drug-likeness (QED) is 0.712. The van der Waals surface area contributed by atoms with Crippen molar-refractivity contribution < 1.29 is 5.11 Å². The Labute approximate surface area is 88.1 Å². The molecule has 0 bridgehead atoms. The van der Waals surface area contributed by atoms with Crippen LogP contribution in [0.25, 0.3) is 0 Å². The first-order valence-electron chi connectivity index (χ1n) is 6.11. The lowest BCUT2D eigenvalue weighted by Crippen LogP contribution is -2.42. The first-order valence-corrected chi connectivity index (χ1v) is 6.11. The van der Waals surface area contributed by atoms with Crippen LogP contribution in [0.1, 0.15) is 52.4 Å². The molecule has 0 heterocycles. The minimum Gasteiger partial charge on any atom is -0.396 e. The van der Waals surface area contributed by atoms with Crippen LogP contribution in [0.2, 0.25) is 0 Å². The van der Waals surface area contributed by atoms with Gasteiger partial charge in [-0.15, -0.1) is 0 Å². The molecule has 2 N–H and O–H groups in total. The van der Waals surface area contributed by atoms with Gasteiger partial charge in [0.05, 0.1) is 0 Å². The average molecular weight is 199 g/mol. The zero-order valence-electron chi connectivity index (χ0n) is 9.63. The van der Waals surface area contributed by atoms with Gasteiger partial charge in [-0.3, -0.25) is 0 Å². The summed E-state index contributed by atoms with van der Waals surface area (Å²) in [6, 6.07) is 1.28. The number of aliphatic hydroxyl groups excluding tert-OH is 1. The van der Waals surface area contributed by atoms with Crippen LogP contribution >= 0.6 is 0 Å². The van der Waals surface area contributed by atoms with Crippen molar-refractivity contribution in [1.29, 1.82) is 0 Å². The normalized spacial score (nSPS) is 30.2. The highest BCUT2D eigenvalue weighted by atomic mass is 16.2. The molecular weight excluding hydrogens is 174 g/mol. The molecule has 0 amide bonds. The number of hydrogen-bond acceptors (Lipinski definition) is 2. The number of rotatable bonds is 5. The Kier molecular flexibility index (Phi) is 5.49. The standard InChI is InChI=1S/C12H25NO/c1-10-6-3-4-8-12(10)13-11(2)7-5-9-14/h10-14H,3-9H2,1-2H3/t10-,11+,12-/m0/s1. The van der Waals surface area contributed by atoms with Crippen molar-refractivity contribution >= 4 is 0 Å². The Morgan fingerprint density at radius 2 is 2.07 bits per heavy atom. The topological polar surface area (TPSA) is 32.3 Å². The lowest BCUT2D eigenvalue weighted by atomic mass is 9.85. The van der Waals surface area contributed by atoms with Gasteiger partial charge in [0.2, 0.25) is 0 Å². The van der Waals surface area contributed by atoms with Gasteiger partial charge in [-0.1, -0.05) is 19.8 Å². The van der Waals surface area contributed by atoms with E-state index >= 15 is 0 Å². The summed E-state index contributed by atoms with van der Waals surface area (Å²) >= 11 is 0. The second-order valence-electron chi connectivity index (χ2n) is 4.80. The largest absolute Gasteiger partial charge is 0.396 e. The molecule has 0 aliphatic heterocycles. The van der Waals surface area contributed by atoms with Gasteiger partial charge in [0.15, 0.2) is 0 Å². The highest BCUT2D eigenvalue weighted by Crippen LogP contribution is 2.24. The third-order valence-electron chi connectivity index (χ3n) is 3.41. The third-order valence-corrected chi connectivity index (χ3v) is 3.41. The Bertz CT molecular complexity index is 149. The van der Waals surface area contributed by atoms with Crippen molar-refractivity contribution in [2.75, 3.05) is 6.61 Å². The summed E-state index contributed by atoms with van der Waals surface area (Å²) < 4.78 is 0. The minimum atomic E-state index is 0.326. The monoisotopic (exact) mass is 199 g/mol. The van der Waals surface area contributed by atoms with Gasteiger partial charge >= 0.3 is 0 Å². The van der Waals surface area contributed by atoms with Gasteiger partial charge in [-0.25, -0.2) is 0 Å². The molecule has 1 saturated carbocycles. The zero-order valence-corrected chi connectivity index (χ0v) is 9.63. The van der Waals surface area contributed by atoms with Crippen LogP contribution in [-0.2, 0) is 0 Å². The molecule has 0 aromatic carbocycles. The van der Waals surface area contributed by atoms with Gasteiger partial charge in [0, 0.05) is 18.7 Å². The second-order valence-corrected chi connectivity index (χ2v) is 4.80. The fourth-order valence-corrected chi connectivity index (χ4v) is 2.41. The van der Waals surface area contributed by atoms with Crippen molar-refractivity contribution in [2.45, 2.75) is 64.5 Å². The number of hydrogen-bond donors (Lipinski definition) is 2. The molecule has 1 aliphatic rings. The highest BCUT2D eigenvalue weighted by Gasteiger charge is 2.21. The molecule has 1 aliphatic carbocycles. The first kappa shape index (κ1) is 12.0. The SMILES string of the molecule is C[C@H](CCCO)N[C@H]1CCCC[C@@H]1C. The van der Waals surface area contributed by atoms with Crippen LogP contribution in [0.5, 0.6) is 0 Å². The Morgan fingerprint density at radius 1 is 1.36 bits per heavy atom. The summed E-state index contributed by atoms with van der Waals surface area (Å²) in [6.07, 6.45) is 7.53. The Balaban J connectivity index is 2.20. The fourth-order valence-electron chi connectivity index (χ4n) is 2.41. The van der Waals surface area contributed by atoms with Gasteiger partial charge in [-0.2, -0.15) is 0 Å². The number of nitrogens with one attached hydrogen (secondary N) is 1. The molecule has 84 valence electrons. The average Bonchev–Trinajstić information content (AvgIpc) is 2.18. The maximum absolute atomic E-state index is 8.75. The van der Waals surface area contributed by atoms with E-state index in [1.165, 1.54) is 25.7 Å². The van der Waals surface area contributed by atoms with Gasteiger partial charge in [-0.05, 0) is 38.5 Å². The smallest absolute Gasteiger partial charge is 0.0431 e. The van der Waals surface area contributed by atoms with Gasteiger partial charge in [0.1, 0.15) is 0 Å². The van der Waals surface area contributed by atoms with Crippen molar-refractivity contribution in [2.24, 2.45) is 5.92 Å². The number of aliphatic hydroxyl groups is 1. The summed E-state index contributed by atoms with van der Waals surface area (Å²) in [5.74, 6) is 0.834. The first-order chi connectivity index (χ1) is 6.74. The molecule has 3 atom stereocenters. The van der Waals surface area contributed by atoms with E-state index in [9.17, 15) is 0 Å². The van der Waals surface area contributed by atoms with Crippen LogP contribution in [0.15, 0.2) is 0 Å². The van der Waals surface area contributed by atoms with E-state index in [-0.39, 0.29) is 0 Å². The van der Waals surface area contributed by atoms with Crippen LogP contribution in [0.4, 0.5) is 0 Å². The van der Waals surface area contributed by atoms with E-state index in [2.05, 4.69) is 19.2 Å². The molecule has 2 nitrogen and oxygen atoms in total. The molecule has 0 aromatic rings. The fraction of sp³-hybridized carbons (Fsp3) is 1.00. The van der Waals surface area contributed by atoms with Crippen molar-refractivity contribution in [3.8, 4) is 0 Å². The van der Waals surface area contributed by atoms with E-state index in [4.69, 9.17) is 5.11 Å². The summed E-state index contributed by atoms with van der Waals surface area (Å²) in [5.41, 5.74) is 0. The molecule has 0 spiro atoms. The Morgan fingerprint density at radius 3 is 2.71 bits per heavy atom. The predicted octanol–water partition coefficient (Wildman–Crippen LogP) is 2.32. The molecule has 1 rings (SSSR count). The molecule has 1 fully saturated rings. The van der Waals surface area contributed by atoms with E-state index in [0.717, 1.165) is 24.8 Å². The van der Waals surface area contributed by atoms with Crippen LogP contribution in [0, 0.1) is 5.92 Å². The van der Waals surface area contributed by atoms with E-state index in [1.807, 2.05) is 0 Å². The third kappa shape index (κ3) is 3.97. The second kappa shape index (κ2) is 6.41. The molecule has 14 heavy (non-hydrogen) atoms. The summed E-state index contributed by atoms with van der Waals surface area (Å²) in [7, 11) is 0. The van der Waals surface area contributed by atoms with Crippen LogP contribution in [-0.4, -0.2) is 23.8 Å². The van der Waals surface area contributed by atoms with E-state index in [0.29, 0.717) is 12.6 Å². The lowest BCUT2D eigenvalue weighted by molar-refractivity contribution is 0.241. The van der Waals surface area contributed by atoms with Crippen molar-refractivity contribution in [3.05, 3.63) is 0 Å². The molecule has 0 saturated heterocycles. The Hall–Kier alpha value is -0.0800. The molecule has 0 unspecified atom stereocenters. The van der Waals surface area contributed by atoms with Crippen LogP contribution in [0.3, 0.4) is 0 Å². The highest BCUT2D eigenvalue weighted by molar-refractivity contribution is 4.80. The van der Waals surface area contributed by atoms with E-state index in [1.54, 1.807) is 0 Å². The maximum Gasteiger partial charge on any atom is 0.0431 e. The molecule has 0 aromatic heterocycles. The zero-order chi connectivity index (χ0) is 10.4. The van der Waals surface area contributed by atoms with Crippen molar-refractivity contribution in [3.63, 3.8) is 0 Å². The van der Waals surface area contributed by atoms with Crippen molar-refractivity contribution in [1.82, 2.24) is 5.32 Å². The lowest BCUT2D eigenvalue weighted by Gasteiger charge is -2.32. The molecular formula is C12H25NO. The molecule has 2 heteroatoms.